The number of anilines is 1. The van der Waals surface area contributed by atoms with Crippen molar-refractivity contribution in [1.82, 2.24) is 10.2 Å². The highest BCUT2D eigenvalue weighted by atomic mass is 32.1. The van der Waals surface area contributed by atoms with Gasteiger partial charge in [-0.3, -0.25) is 15.1 Å². The van der Waals surface area contributed by atoms with Crippen molar-refractivity contribution in [3.63, 3.8) is 0 Å². The summed E-state index contributed by atoms with van der Waals surface area (Å²) in [5, 5.41) is 13.6. The lowest BCUT2D eigenvalue weighted by atomic mass is 9.74. The highest BCUT2D eigenvalue weighted by Crippen LogP contribution is 2.43. The number of carbonyl (C=O) groups is 1. The minimum atomic E-state index is -2.95. The summed E-state index contributed by atoms with van der Waals surface area (Å²) >= 11 is 1.35. The maximum atomic E-state index is 13.5. The van der Waals surface area contributed by atoms with Gasteiger partial charge in [-0.1, -0.05) is 24.3 Å². The largest absolute Gasteiger partial charge is 0.391 e. The highest BCUT2D eigenvalue weighted by molar-refractivity contribution is 7.14. The number of nitrogens with zero attached hydrogens (tertiary/aromatic N) is 1. The van der Waals surface area contributed by atoms with E-state index in [2.05, 4.69) is 5.32 Å². The molecule has 4 N–H and O–H groups in total. The lowest BCUT2D eigenvalue weighted by molar-refractivity contribution is -0.131. The number of carbonyl (C=O) groups excluding carboxylic acids is 1. The Hall–Kier alpha value is -2.48. The number of halogens is 2. The Morgan fingerprint density at radius 2 is 1.96 bits per heavy atom. The minimum Gasteiger partial charge on any atom is -0.391 e. The zero-order valence-corrected chi connectivity index (χ0v) is 15.5. The molecule has 1 amide bonds. The number of nitrogens with one attached hydrogen (secondary N) is 2. The monoisotopic (exact) mass is 378 g/mol. The molecule has 2 atom stereocenters. The van der Waals surface area contributed by atoms with Crippen LogP contribution in [-0.4, -0.2) is 23.8 Å². The maximum absolute atomic E-state index is 13.5. The Morgan fingerprint density at radius 1 is 1.35 bits per heavy atom. The smallest absolute Gasteiger partial charge is 0.270 e. The van der Waals surface area contributed by atoms with E-state index in [1.807, 2.05) is 12.3 Å². The van der Waals surface area contributed by atoms with Crippen LogP contribution in [0, 0.1) is 5.41 Å². The van der Waals surface area contributed by atoms with E-state index >= 15 is 0 Å². The van der Waals surface area contributed by atoms with E-state index in [0.717, 1.165) is 12.5 Å². The summed E-state index contributed by atoms with van der Waals surface area (Å²) in [6.45, 7) is 2.66. The van der Waals surface area contributed by atoms with Crippen molar-refractivity contribution in [3.8, 4) is 0 Å². The number of rotatable bonds is 3. The molecule has 26 heavy (non-hydrogen) atoms. The molecule has 0 bridgehead atoms. The van der Waals surface area contributed by atoms with Crippen LogP contribution in [0.15, 0.2) is 35.7 Å². The van der Waals surface area contributed by atoms with Gasteiger partial charge in [0, 0.05) is 19.5 Å². The van der Waals surface area contributed by atoms with Crippen LogP contribution in [0.4, 0.5) is 13.8 Å². The van der Waals surface area contributed by atoms with Gasteiger partial charge in [-0.15, -0.1) is 11.3 Å². The fourth-order valence-corrected chi connectivity index (χ4v) is 4.03. The first-order valence-electron chi connectivity index (χ1n) is 8.01. The number of benzene rings is 1. The van der Waals surface area contributed by atoms with Crippen molar-refractivity contribution in [2.75, 3.05) is 12.8 Å². The fourth-order valence-electron chi connectivity index (χ4n) is 3.26. The van der Waals surface area contributed by atoms with Crippen LogP contribution in [0.3, 0.4) is 0 Å². The molecule has 0 unspecified atom stereocenters. The number of hydrogen-bond acceptors (Lipinski definition) is 4. The zero-order chi connectivity index (χ0) is 19.3. The normalized spacial score (nSPS) is 23.9. The quantitative estimate of drug-likeness (QED) is 0.765. The van der Waals surface area contributed by atoms with Crippen LogP contribution >= 0.6 is 11.3 Å². The summed E-state index contributed by atoms with van der Waals surface area (Å²) in [7, 11) is 1.51. The summed E-state index contributed by atoms with van der Waals surface area (Å²) in [6.07, 6.45) is 0. The van der Waals surface area contributed by atoms with Gasteiger partial charge < -0.3 is 11.1 Å². The molecule has 0 saturated carbocycles. The molecule has 5 nitrogen and oxygen atoms in total. The van der Waals surface area contributed by atoms with Gasteiger partial charge in [0.05, 0.1) is 16.5 Å². The van der Waals surface area contributed by atoms with Crippen molar-refractivity contribution in [2.45, 2.75) is 31.2 Å². The molecule has 1 aromatic carbocycles. The average Bonchev–Trinajstić information content (AvgIpc) is 3.00. The number of hydrogen-bond donors (Lipinski definition) is 3. The summed E-state index contributed by atoms with van der Waals surface area (Å²) in [5.74, 6) is -3.93. The number of alkyl halides is 2. The Morgan fingerprint density at radius 3 is 2.46 bits per heavy atom. The van der Waals surface area contributed by atoms with Crippen LogP contribution in [0.1, 0.15) is 36.5 Å². The predicted molar refractivity (Wildman–Crippen MR) is 98.5 cm³/mol. The van der Waals surface area contributed by atoms with Crippen molar-refractivity contribution >= 4 is 28.2 Å². The van der Waals surface area contributed by atoms with Crippen molar-refractivity contribution in [2.24, 2.45) is 0 Å². The van der Waals surface area contributed by atoms with E-state index in [9.17, 15) is 13.6 Å². The standard InChI is InChI=1S/C18H20F2N4OS/c1-17(12-8-13(21)26-9-12)14(15(25)24(3)16(22)23-17)10-4-6-11(7-5-10)18(2,19)20/h4-9,14H,21H2,1-3H3,(H2,22,23)/t14-,17+/m0/s1. The number of nitrogen functional groups attached to an aromatic ring is 1. The minimum absolute atomic E-state index is 0.0183. The lowest BCUT2D eigenvalue weighted by Crippen LogP contribution is -2.62. The molecular formula is C18H20F2N4OS. The number of thiophene rings is 1. The third kappa shape index (κ3) is 2.94. The molecule has 1 fully saturated rings. The first-order valence-corrected chi connectivity index (χ1v) is 8.89. The number of guanidine groups is 1. The highest BCUT2D eigenvalue weighted by Gasteiger charge is 2.48. The average molecular weight is 378 g/mol. The molecule has 0 radical (unpaired) electrons. The van der Waals surface area contributed by atoms with Gasteiger partial charge in [-0.2, -0.15) is 0 Å². The molecule has 0 aliphatic carbocycles. The van der Waals surface area contributed by atoms with E-state index in [0.29, 0.717) is 10.6 Å². The molecule has 138 valence electrons. The second-order valence-corrected chi connectivity index (χ2v) is 7.70. The summed E-state index contributed by atoms with van der Waals surface area (Å²) in [5.41, 5.74) is 6.21. The van der Waals surface area contributed by atoms with Gasteiger partial charge in [0.2, 0.25) is 5.91 Å². The third-order valence-corrected chi connectivity index (χ3v) is 5.60. The van der Waals surface area contributed by atoms with Gasteiger partial charge in [0.1, 0.15) is 0 Å². The fraction of sp³-hybridized carbons (Fsp3) is 0.333. The first-order chi connectivity index (χ1) is 12.0. The van der Waals surface area contributed by atoms with Crippen LogP contribution < -0.4 is 11.1 Å². The molecule has 1 aliphatic heterocycles. The second-order valence-electron chi connectivity index (χ2n) is 6.75. The van der Waals surface area contributed by atoms with E-state index in [4.69, 9.17) is 11.1 Å². The Balaban J connectivity index is 2.10. The van der Waals surface area contributed by atoms with Gasteiger partial charge >= 0.3 is 0 Å². The number of nitrogens with two attached hydrogens (primary N) is 1. The molecule has 0 spiro atoms. The predicted octanol–water partition coefficient (Wildman–Crippen LogP) is 3.44. The van der Waals surface area contributed by atoms with Crippen LogP contribution in [0.25, 0.3) is 0 Å². The molecule has 1 aliphatic rings. The third-order valence-electron chi connectivity index (χ3n) is 4.84. The molecule has 8 heteroatoms. The van der Waals surface area contributed by atoms with E-state index in [-0.39, 0.29) is 17.4 Å². The molecule has 2 aromatic rings. The van der Waals surface area contributed by atoms with Crippen molar-refractivity contribution in [1.29, 1.82) is 5.41 Å². The number of likely N-dealkylation sites (N-methyl/N-ethyl adjacent to an activating group) is 1. The topological polar surface area (TPSA) is 82.2 Å². The van der Waals surface area contributed by atoms with Gasteiger partial charge in [-0.25, -0.2) is 8.78 Å². The van der Waals surface area contributed by atoms with Crippen molar-refractivity contribution < 1.29 is 13.6 Å². The van der Waals surface area contributed by atoms with E-state index in [1.54, 1.807) is 18.2 Å². The van der Waals surface area contributed by atoms with Gasteiger partial charge in [0.25, 0.3) is 5.92 Å². The second kappa shape index (κ2) is 6.05. The zero-order valence-electron chi connectivity index (χ0n) is 14.6. The summed E-state index contributed by atoms with van der Waals surface area (Å²) in [6, 6.07) is 7.54. The van der Waals surface area contributed by atoms with Gasteiger partial charge in [0.15, 0.2) is 5.96 Å². The summed E-state index contributed by atoms with van der Waals surface area (Å²) in [4.78, 5) is 14.2. The molecule has 1 saturated heterocycles. The molecule has 2 heterocycles. The van der Waals surface area contributed by atoms with E-state index in [1.165, 1.54) is 35.4 Å². The summed E-state index contributed by atoms with van der Waals surface area (Å²) < 4.78 is 27.0. The molecule has 1 aromatic heterocycles. The van der Waals surface area contributed by atoms with E-state index < -0.39 is 17.4 Å². The lowest BCUT2D eigenvalue weighted by Gasteiger charge is -2.45. The van der Waals surface area contributed by atoms with Crippen LogP contribution in [0.2, 0.25) is 0 Å². The Labute approximate surface area is 154 Å². The SMILES string of the molecule is CN1C(=N)N[C@](C)(c2csc(N)c2)[C@@H](c2ccc(C(C)(F)F)cc2)C1=O. The Kier molecular flexibility index (Phi) is 4.26. The molecule has 3 rings (SSSR count). The van der Waals surface area contributed by atoms with Crippen molar-refractivity contribution in [3.05, 3.63) is 52.4 Å². The number of amides is 1. The Bertz CT molecular complexity index is 859. The maximum Gasteiger partial charge on any atom is 0.270 e. The first kappa shape index (κ1) is 18.3. The van der Waals surface area contributed by atoms with Crippen LogP contribution in [0.5, 0.6) is 0 Å². The van der Waals surface area contributed by atoms with Gasteiger partial charge in [-0.05, 0) is 29.5 Å². The molecular weight excluding hydrogens is 358 g/mol. The van der Waals surface area contributed by atoms with Crippen LogP contribution in [-0.2, 0) is 16.3 Å².